The zero-order valence-electron chi connectivity index (χ0n) is 17.7. The number of hydrogen-bond acceptors (Lipinski definition) is 5. The van der Waals surface area contributed by atoms with Crippen molar-refractivity contribution in [1.82, 2.24) is 0 Å². The average molecular weight is 429 g/mol. The SMILES string of the molecule is Cc1ccc(Oc2ccc(N3C[C@@H](C(=O)OCC(=O)c4ccccc4)CC3=O)cc2)cc1. The number of rotatable bonds is 7. The molecular formula is C26H23NO5. The molecule has 1 heterocycles. The molecule has 1 aliphatic heterocycles. The smallest absolute Gasteiger partial charge is 0.311 e. The number of carbonyl (C=O) groups excluding carboxylic acids is 3. The van der Waals surface area contributed by atoms with Gasteiger partial charge in [0.1, 0.15) is 11.5 Å². The van der Waals surface area contributed by atoms with E-state index in [4.69, 9.17) is 9.47 Å². The fourth-order valence-electron chi connectivity index (χ4n) is 3.51. The van der Waals surface area contributed by atoms with Crippen LogP contribution in [-0.4, -0.2) is 30.8 Å². The van der Waals surface area contributed by atoms with Gasteiger partial charge in [0.2, 0.25) is 5.91 Å². The van der Waals surface area contributed by atoms with Crippen molar-refractivity contribution in [2.24, 2.45) is 5.92 Å². The number of nitrogens with zero attached hydrogens (tertiary/aromatic N) is 1. The predicted octanol–water partition coefficient (Wildman–Crippen LogP) is 4.57. The summed E-state index contributed by atoms with van der Waals surface area (Å²) in [5.41, 5.74) is 2.32. The van der Waals surface area contributed by atoms with Crippen molar-refractivity contribution in [3.63, 3.8) is 0 Å². The van der Waals surface area contributed by atoms with Gasteiger partial charge in [0.05, 0.1) is 5.92 Å². The minimum atomic E-state index is -0.602. The molecule has 3 aromatic carbocycles. The third-order valence-electron chi connectivity index (χ3n) is 5.30. The Balaban J connectivity index is 1.33. The van der Waals surface area contributed by atoms with Crippen molar-refractivity contribution in [2.75, 3.05) is 18.1 Å². The molecule has 0 spiro atoms. The summed E-state index contributed by atoms with van der Waals surface area (Å²) in [6.45, 7) is 1.89. The van der Waals surface area contributed by atoms with E-state index in [0.29, 0.717) is 17.0 Å². The average Bonchev–Trinajstić information content (AvgIpc) is 3.21. The molecule has 0 saturated carbocycles. The lowest BCUT2D eigenvalue weighted by Crippen LogP contribution is -2.27. The zero-order chi connectivity index (χ0) is 22.5. The summed E-state index contributed by atoms with van der Waals surface area (Å²) in [6, 6.07) is 23.5. The maximum absolute atomic E-state index is 12.5. The first-order chi connectivity index (χ1) is 15.5. The molecule has 0 unspecified atom stereocenters. The molecule has 6 nitrogen and oxygen atoms in total. The number of Topliss-reactive ketones (excluding diaryl/α,β-unsaturated/α-hetero) is 1. The van der Waals surface area contributed by atoms with Gasteiger partial charge < -0.3 is 14.4 Å². The summed E-state index contributed by atoms with van der Waals surface area (Å²) >= 11 is 0. The van der Waals surface area contributed by atoms with Gasteiger partial charge in [0, 0.05) is 24.2 Å². The van der Waals surface area contributed by atoms with E-state index in [1.165, 1.54) is 0 Å². The van der Waals surface area contributed by atoms with Gasteiger partial charge in [-0.2, -0.15) is 0 Å². The number of hydrogen-bond donors (Lipinski definition) is 0. The van der Waals surface area contributed by atoms with Crippen molar-refractivity contribution in [3.8, 4) is 11.5 Å². The van der Waals surface area contributed by atoms with Gasteiger partial charge in [-0.05, 0) is 43.3 Å². The topological polar surface area (TPSA) is 72.9 Å². The lowest BCUT2D eigenvalue weighted by atomic mass is 10.1. The Morgan fingerprint density at radius 2 is 1.53 bits per heavy atom. The van der Waals surface area contributed by atoms with Gasteiger partial charge >= 0.3 is 5.97 Å². The van der Waals surface area contributed by atoms with Gasteiger partial charge in [0.25, 0.3) is 0 Å². The Bertz CT molecular complexity index is 1110. The summed E-state index contributed by atoms with van der Waals surface area (Å²) < 4.78 is 11.0. The molecule has 0 bridgehead atoms. The number of aryl methyl sites for hydroxylation is 1. The highest BCUT2D eigenvalue weighted by atomic mass is 16.5. The van der Waals surface area contributed by atoms with Gasteiger partial charge in [-0.1, -0.05) is 48.0 Å². The minimum absolute atomic E-state index is 0.0555. The van der Waals surface area contributed by atoms with Crippen molar-refractivity contribution >= 4 is 23.3 Å². The minimum Gasteiger partial charge on any atom is -0.457 e. The van der Waals surface area contributed by atoms with Crippen LogP contribution in [0, 0.1) is 12.8 Å². The molecule has 3 aromatic rings. The van der Waals surface area contributed by atoms with Crippen LogP contribution in [-0.2, 0) is 14.3 Å². The fourth-order valence-corrected chi connectivity index (χ4v) is 3.51. The maximum atomic E-state index is 12.5. The molecule has 4 rings (SSSR count). The molecule has 0 aliphatic carbocycles. The van der Waals surface area contributed by atoms with Crippen LogP contribution in [0.2, 0.25) is 0 Å². The molecule has 1 atom stereocenters. The summed E-state index contributed by atoms with van der Waals surface area (Å²) in [7, 11) is 0. The van der Waals surface area contributed by atoms with Crippen LogP contribution in [0.25, 0.3) is 0 Å². The Labute approximate surface area is 186 Å². The highest BCUT2D eigenvalue weighted by Crippen LogP contribution is 2.29. The second kappa shape index (κ2) is 9.47. The van der Waals surface area contributed by atoms with Crippen LogP contribution in [0.3, 0.4) is 0 Å². The molecule has 1 fully saturated rings. The summed E-state index contributed by atoms with van der Waals surface area (Å²) in [5, 5.41) is 0. The molecule has 32 heavy (non-hydrogen) atoms. The van der Waals surface area contributed by atoms with Crippen molar-refractivity contribution in [3.05, 3.63) is 90.0 Å². The van der Waals surface area contributed by atoms with E-state index < -0.39 is 11.9 Å². The van der Waals surface area contributed by atoms with E-state index in [2.05, 4.69) is 0 Å². The molecule has 1 saturated heterocycles. The van der Waals surface area contributed by atoms with Gasteiger partial charge in [-0.3, -0.25) is 14.4 Å². The first kappa shape index (κ1) is 21.3. The standard InChI is InChI=1S/C26H23NO5/c1-18-7-11-22(12-8-18)32-23-13-9-21(10-14-23)27-16-20(15-25(27)29)26(30)31-17-24(28)19-5-3-2-4-6-19/h2-14,20H,15-17H2,1H3/t20-/m0/s1. The second-order valence-corrected chi connectivity index (χ2v) is 7.71. The molecule has 1 aliphatic rings. The number of amides is 1. The summed E-state index contributed by atoms with van der Waals surface area (Å²) in [6.07, 6.45) is 0.0555. The van der Waals surface area contributed by atoms with E-state index in [9.17, 15) is 14.4 Å². The van der Waals surface area contributed by atoms with Gasteiger partial charge in [0.15, 0.2) is 12.4 Å². The normalized spacial score (nSPS) is 15.5. The van der Waals surface area contributed by atoms with E-state index in [1.54, 1.807) is 53.4 Å². The quantitative estimate of drug-likeness (QED) is 0.406. The Morgan fingerprint density at radius 3 is 2.19 bits per heavy atom. The maximum Gasteiger partial charge on any atom is 0.311 e. The van der Waals surface area contributed by atoms with E-state index in [0.717, 1.165) is 11.3 Å². The molecular weight excluding hydrogens is 406 g/mol. The first-order valence-electron chi connectivity index (χ1n) is 10.4. The molecule has 0 N–H and O–H groups in total. The molecule has 162 valence electrons. The molecule has 6 heteroatoms. The summed E-state index contributed by atoms with van der Waals surface area (Å²) in [5.74, 6) is -0.190. The van der Waals surface area contributed by atoms with Crippen LogP contribution in [0.1, 0.15) is 22.3 Å². The highest BCUT2D eigenvalue weighted by Gasteiger charge is 2.36. The Kier molecular flexibility index (Phi) is 6.31. The number of benzene rings is 3. The molecule has 0 aromatic heterocycles. The number of esters is 1. The molecule has 1 amide bonds. The van der Waals surface area contributed by atoms with E-state index >= 15 is 0 Å². The predicted molar refractivity (Wildman–Crippen MR) is 120 cm³/mol. The third-order valence-corrected chi connectivity index (χ3v) is 5.30. The largest absolute Gasteiger partial charge is 0.457 e. The summed E-state index contributed by atoms with van der Waals surface area (Å²) in [4.78, 5) is 38.6. The van der Waals surface area contributed by atoms with Crippen molar-refractivity contribution in [2.45, 2.75) is 13.3 Å². The highest BCUT2D eigenvalue weighted by molar-refractivity contribution is 6.01. The number of carbonyl (C=O) groups is 3. The molecule has 0 radical (unpaired) electrons. The monoisotopic (exact) mass is 429 g/mol. The third kappa shape index (κ3) is 5.03. The van der Waals surface area contributed by atoms with Crippen LogP contribution >= 0.6 is 0 Å². The lowest BCUT2D eigenvalue weighted by molar-refractivity contribution is -0.147. The van der Waals surface area contributed by atoms with Crippen molar-refractivity contribution in [1.29, 1.82) is 0 Å². The number of ether oxygens (including phenoxy) is 2. The number of ketones is 1. The van der Waals surface area contributed by atoms with E-state index in [1.807, 2.05) is 37.3 Å². The lowest BCUT2D eigenvalue weighted by Gasteiger charge is -2.17. The van der Waals surface area contributed by atoms with Crippen LogP contribution in [0.15, 0.2) is 78.9 Å². The van der Waals surface area contributed by atoms with Gasteiger partial charge in [-0.25, -0.2) is 0 Å². The van der Waals surface area contributed by atoms with Crippen LogP contribution in [0.4, 0.5) is 5.69 Å². The Hall–Kier alpha value is -3.93. The zero-order valence-corrected chi connectivity index (χ0v) is 17.7. The fraction of sp³-hybridized carbons (Fsp3) is 0.192. The van der Waals surface area contributed by atoms with E-state index in [-0.39, 0.29) is 31.3 Å². The Morgan fingerprint density at radius 1 is 0.906 bits per heavy atom. The first-order valence-corrected chi connectivity index (χ1v) is 10.4. The van der Waals surface area contributed by atoms with Crippen molar-refractivity contribution < 1.29 is 23.9 Å². The van der Waals surface area contributed by atoms with Gasteiger partial charge in [-0.15, -0.1) is 0 Å². The van der Waals surface area contributed by atoms with Crippen LogP contribution < -0.4 is 9.64 Å². The van der Waals surface area contributed by atoms with Crippen LogP contribution in [0.5, 0.6) is 11.5 Å². The number of anilines is 1. The second-order valence-electron chi connectivity index (χ2n) is 7.71.